The number of fused-ring (bicyclic) bond motifs is 1. The number of amides is 1. The molecule has 0 saturated carbocycles. The van der Waals surface area contributed by atoms with Crippen molar-refractivity contribution in [1.82, 2.24) is 0 Å². The molecule has 3 N–H and O–H groups in total. The van der Waals surface area contributed by atoms with Crippen molar-refractivity contribution in [2.24, 2.45) is 0 Å². The van der Waals surface area contributed by atoms with Crippen molar-refractivity contribution in [2.45, 2.75) is 13.0 Å². The van der Waals surface area contributed by atoms with Crippen LogP contribution in [0.2, 0.25) is 5.02 Å². The number of carbonyl (C=O) groups excluding carboxylic acids is 1. The Balaban J connectivity index is 1.69. The van der Waals surface area contributed by atoms with Crippen LogP contribution in [0.15, 0.2) is 60.7 Å². The summed E-state index contributed by atoms with van der Waals surface area (Å²) < 4.78 is 0. The largest absolute Gasteiger partial charge is 0.332 e. The average molecular weight is 385 g/mol. The Morgan fingerprint density at radius 2 is 1.93 bits per heavy atom. The molecule has 27 heavy (non-hydrogen) atoms. The summed E-state index contributed by atoms with van der Waals surface area (Å²) in [6, 6.07) is 18.3. The van der Waals surface area contributed by atoms with Crippen LogP contribution in [-0.4, -0.2) is 17.4 Å². The summed E-state index contributed by atoms with van der Waals surface area (Å²) in [6.45, 7) is 2.16. The molecule has 0 aliphatic heterocycles. The van der Waals surface area contributed by atoms with E-state index in [1.165, 1.54) is 18.2 Å². The van der Waals surface area contributed by atoms with Crippen LogP contribution in [0.4, 0.5) is 11.4 Å². The van der Waals surface area contributed by atoms with Crippen molar-refractivity contribution in [1.29, 1.82) is 0 Å². The Kier molecular flexibility index (Phi) is 5.69. The number of nitrogens with one attached hydrogen (secondary N) is 1. The Labute approximate surface area is 161 Å². The maximum Gasteiger partial charge on any atom is 0.292 e. The van der Waals surface area contributed by atoms with Crippen LogP contribution in [0, 0.1) is 10.1 Å². The van der Waals surface area contributed by atoms with Crippen LogP contribution in [-0.2, 0) is 4.79 Å². The second kappa shape index (κ2) is 8.16. The SMILES string of the molecule is C[C@H]([NH2+]CC(=O)Nc1cc(Cl)ccc1[N+](=O)[O-])c1cccc2ccccc12. The summed E-state index contributed by atoms with van der Waals surface area (Å²) in [6.07, 6.45) is 0. The lowest BCUT2D eigenvalue weighted by Crippen LogP contribution is -2.86. The van der Waals surface area contributed by atoms with Gasteiger partial charge in [0.25, 0.3) is 11.6 Å². The van der Waals surface area contributed by atoms with Gasteiger partial charge in [-0.05, 0) is 29.8 Å². The lowest BCUT2D eigenvalue weighted by Gasteiger charge is -2.14. The second-order valence-corrected chi connectivity index (χ2v) is 6.70. The van der Waals surface area contributed by atoms with Crippen LogP contribution >= 0.6 is 11.6 Å². The first-order chi connectivity index (χ1) is 13.0. The smallest absolute Gasteiger partial charge is 0.292 e. The predicted molar refractivity (Wildman–Crippen MR) is 106 cm³/mol. The van der Waals surface area contributed by atoms with E-state index in [2.05, 4.69) is 23.5 Å². The minimum Gasteiger partial charge on any atom is -0.332 e. The summed E-state index contributed by atoms with van der Waals surface area (Å²) in [5, 5.41) is 18.2. The summed E-state index contributed by atoms with van der Waals surface area (Å²) in [5.74, 6) is -0.326. The van der Waals surface area contributed by atoms with E-state index in [1.54, 1.807) is 0 Å². The van der Waals surface area contributed by atoms with E-state index in [0.29, 0.717) is 5.02 Å². The third-order valence-corrected chi connectivity index (χ3v) is 4.64. The molecule has 0 unspecified atom stereocenters. The summed E-state index contributed by atoms with van der Waals surface area (Å²) >= 11 is 5.89. The van der Waals surface area contributed by atoms with Crippen LogP contribution in [0.3, 0.4) is 0 Å². The van der Waals surface area contributed by atoms with Gasteiger partial charge < -0.3 is 10.6 Å². The fourth-order valence-electron chi connectivity index (χ4n) is 3.03. The Bertz CT molecular complexity index is 1000. The van der Waals surface area contributed by atoms with Gasteiger partial charge in [-0.1, -0.05) is 54.1 Å². The van der Waals surface area contributed by atoms with E-state index in [4.69, 9.17) is 11.6 Å². The van der Waals surface area contributed by atoms with Gasteiger partial charge in [-0.25, -0.2) is 0 Å². The Morgan fingerprint density at radius 1 is 1.19 bits per heavy atom. The zero-order chi connectivity index (χ0) is 19.4. The van der Waals surface area contributed by atoms with Gasteiger partial charge in [0.15, 0.2) is 6.54 Å². The van der Waals surface area contributed by atoms with Crippen molar-refractivity contribution < 1.29 is 15.0 Å². The number of hydrogen-bond donors (Lipinski definition) is 2. The van der Waals surface area contributed by atoms with Gasteiger partial charge in [-0.15, -0.1) is 0 Å². The molecule has 3 aromatic carbocycles. The van der Waals surface area contributed by atoms with Crippen LogP contribution < -0.4 is 10.6 Å². The maximum atomic E-state index is 12.3. The van der Waals surface area contributed by atoms with E-state index < -0.39 is 4.92 Å². The Hall–Kier alpha value is -2.96. The summed E-state index contributed by atoms with van der Waals surface area (Å²) in [4.78, 5) is 22.8. The van der Waals surface area contributed by atoms with Crippen molar-refractivity contribution in [2.75, 3.05) is 11.9 Å². The minimum atomic E-state index is -0.547. The van der Waals surface area contributed by atoms with Crippen molar-refractivity contribution in [3.8, 4) is 0 Å². The molecule has 0 saturated heterocycles. The van der Waals surface area contributed by atoms with Crippen molar-refractivity contribution in [3.05, 3.63) is 81.4 Å². The predicted octanol–water partition coefficient (Wildman–Crippen LogP) is 3.66. The molecule has 6 nitrogen and oxygen atoms in total. The molecule has 1 amide bonds. The number of nitro groups is 1. The number of nitro benzene ring substituents is 1. The molecule has 0 spiro atoms. The first-order valence-electron chi connectivity index (χ1n) is 8.50. The molecule has 0 aliphatic rings. The lowest BCUT2D eigenvalue weighted by atomic mass is 10.00. The molecule has 0 bridgehead atoms. The fraction of sp³-hybridized carbons (Fsp3) is 0.150. The first kappa shape index (κ1) is 18.8. The standard InChI is InChI=1S/C20H18ClN3O3/c1-13(16-8-4-6-14-5-2-3-7-17(14)16)22-12-20(25)23-18-11-15(21)9-10-19(18)24(26)27/h2-11,13,22H,12H2,1H3,(H,23,25)/p+1/t13-/m0/s1. The number of quaternary nitrogens is 1. The molecule has 0 heterocycles. The summed E-state index contributed by atoms with van der Waals surface area (Å²) in [5.41, 5.74) is 1.05. The molecule has 0 radical (unpaired) electrons. The highest BCUT2D eigenvalue weighted by Gasteiger charge is 2.18. The molecular formula is C20H19ClN3O3+. The normalized spacial score (nSPS) is 11.9. The molecule has 138 valence electrons. The maximum absolute atomic E-state index is 12.3. The van der Waals surface area contributed by atoms with Crippen LogP contribution in [0.25, 0.3) is 10.8 Å². The number of hydrogen-bond acceptors (Lipinski definition) is 3. The van der Waals surface area contributed by atoms with Gasteiger partial charge in [-0.3, -0.25) is 14.9 Å². The molecule has 0 aromatic heterocycles. The quantitative estimate of drug-likeness (QED) is 0.502. The van der Waals surface area contributed by atoms with E-state index >= 15 is 0 Å². The number of rotatable bonds is 6. The minimum absolute atomic E-state index is 0.0520. The number of anilines is 1. The van der Waals surface area contributed by atoms with Gasteiger partial charge in [0.1, 0.15) is 11.7 Å². The monoisotopic (exact) mass is 384 g/mol. The van der Waals surface area contributed by atoms with Gasteiger partial charge in [-0.2, -0.15) is 0 Å². The molecule has 7 heteroatoms. The van der Waals surface area contributed by atoms with Gasteiger partial charge >= 0.3 is 0 Å². The van der Waals surface area contributed by atoms with Gasteiger partial charge in [0.2, 0.25) is 0 Å². The molecule has 0 fully saturated rings. The zero-order valence-corrected chi connectivity index (χ0v) is 15.4. The third-order valence-electron chi connectivity index (χ3n) is 4.40. The molecule has 0 aliphatic carbocycles. The number of halogens is 1. The van der Waals surface area contributed by atoms with E-state index in [-0.39, 0.29) is 29.9 Å². The van der Waals surface area contributed by atoms with Crippen LogP contribution in [0.1, 0.15) is 18.5 Å². The second-order valence-electron chi connectivity index (χ2n) is 6.26. The highest BCUT2D eigenvalue weighted by molar-refractivity contribution is 6.31. The highest BCUT2D eigenvalue weighted by atomic mass is 35.5. The zero-order valence-electron chi connectivity index (χ0n) is 14.7. The summed E-state index contributed by atoms with van der Waals surface area (Å²) in [7, 11) is 0. The number of benzene rings is 3. The van der Waals surface area contributed by atoms with E-state index in [1.807, 2.05) is 36.5 Å². The van der Waals surface area contributed by atoms with E-state index in [9.17, 15) is 14.9 Å². The molecule has 3 aromatic rings. The lowest BCUT2D eigenvalue weighted by molar-refractivity contribution is -0.682. The van der Waals surface area contributed by atoms with Gasteiger partial charge in [0.05, 0.1) is 4.92 Å². The number of nitrogens with zero attached hydrogens (tertiary/aromatic N) is 1. The van der Waals surface area contributed by atoms with Crippen molar-refractivity contribution >= 4 is 39.7 Å². The fourth-order valence-corrected chi connectivity index (χ4v) is 3.20. The Morgan fingerprint density at radius 3 is 2.70 bits per heavy atom. The highest BCUT2D eigenvalue weighted by Crippen LogP contribution is 2.27. The van der Waals surface area contributed by atoms with Crippen molar-refractivity contribution in [3.63, 3.8) is 0 Å². The number of carbonyl (C=O) groups is 1. The molecule has 3 rings (SSSR count). The number of nitrogens with two attached hydrogens (primary N) is 1. The molecular weight excluding hydrogens is 366 g/mol. The first-order valence-corrected chi connectivity index (χ1v) is 8.88. The van der Waals surface area contributed by atoms with Crippen LogP contribution in [0.5, 0.6) is 0 Å². The van der Waals surface area contributed by atoms with E-state index in [0.717, 1.165) is 16.3 Å². The van der Waals surface area contributed by atoms with Gasteiger partial charge in [0, 0.05) is 16.7 Å². The third kappa shape index (κ3) is 4.42. The average Bonchev–Trinajstić information content (AvgIpc) is 2.65. The molecule has 1 atom stereocenters. The topological polar surface area (TPSA) is 88.8 Å².